The number of aliphatic hydroxyl groups is 1. The van der Waals surface area contributed by atoms with Crippen LogP contribution in [0.15, 0.2) is 0 Å². The molecule has 2 aliphatic rings. The Morgan fingerprint density at radius 2 is 2.06 bits per heavy atom. The average Bonchev–Trinajstić information content (AvgIpc) is 2.95. The second-order valence-electron chi connectivity index (χ2n) is 5.04. The zero-order valence-electron chi connectivity index (χ0n) is 10.0. The van der Waals surface area contributed by atoms with E-state index in [9.17, 15) is 5.11 Å². The maximum Gasteiger partial charge on any atom is 0.103 e. The van der Waals surface area contributed by atoms with Gasteiger partial charge in [0.25, 0.3) is 0 Å². The number of aryl methyl sites for hydroxylation is 1. The number of fused-ring (bicyclic) bond motifs is 1. The predicted molar refractivity (Wildman–Crippen MR) is 73.6 cm³/mol. The van der Waals surface area contributed by atoms with Crippen LogP contribution in [0.3, 0.4) is 0 Å². The summed E-state index contributed by atoms with van der Waals surface area (Å²) < 4.78 is 0. The molecule has 1 atom stereocenters. The van der Waals surface area contributed by atoms with Crippen LogP contribution in [-0.2, 0) is 12.2 Å². The molecule has 1 heterocycles. The molecular formula is C13H19NOS2. The molecule has 1 aromatic rings. The Morgan fingerprint density at radius 1 is 1.24 bits per heavy atom. The molecule has 1 N–H and O–H groups in total. The maximum absolute atomic E-state index is 9.92. The first-order valence-corrected chi connectivity index (χ1v) is 8.47. The molecule has 0 radical (unpaired) electrons. The third-order valence-electron chi connectivity index (χ3n) is 3.71. The van der Waals surface area contributed by atoms with Crippen LogP contribution in [0, 0.1) is 0 Å². The Hall–Kier alpha value is -0.0600. The molecule has 17 heavy (non-hydrogen) atoms. The first-order chi connectivity index (χ1) is 8.33. The number of thiazole rings is 1. The Bertz CT molecular complexity index is 385. The summed E-state index contributed by atoms with van der Waals surface area (Å²) in [5.74, 6) is 1.05. The molecule has 2 nitrogen and oxygen atoms in total. The van der Waals surface area contributed by atoms with Crippen molar-refractivity contribution in [1.82, 2.24) is 4.98 Å². The molecule has 0 aliphatic heterocycles. The van der Waals surface area contributed by atoms with Crippen molar-refractivity contribution in [3.05, 3.63) is 15.6 Å². The molecule has 1 aromatic heterocycles. The van der Waals surface area contributed by atoms with E-state index in [0.717, 1.165) is 35.1 Å². The van der Waals surface area contributed by atoms with E-state index < -0.39 is 0 Å². The number of hydrogen-bond donors (Lipinski definition) is 1. The van der Waals surface area contributed by atoms with Crippen molar-refractivity contribution >= 4 is 23.1 Å². The largest absolute Gasteiger partial charge is 0.388 e. The van der Waals surface area contributed by atoms with Gasteiger partial charge in [-0.15, -0.1) is 11.3 Å². The van der Waals surface area contributed by atoms with Crippen LogP contribution in [0.1, 0.15) is 60.2 Å². The molecule has 0 bridgehead atoms. The summed E-state index contributed by atoms with van der Waals surface area (Å²) in [6.07, 6.45) is 8.43. The highest BCUT2D eigenvalue weighted by molar-refractivity contribution is 7.99. The third-order valence-corrected chi connectivity index (χ3v) is 6.47. The van der Waals surface area contributed by atoms with Gasteiger partial charge in [-0.2, -0.15) is 11.8 Å². The van der Waals surface area contributed by atoms with E-state index in [1.165, 1.54) is 36.4 Å². The molecule has 0 spiro atoms. The zero-order chi connectivity index (χ0) is 11.7. The van der Waals surface area contributed by atoms with Crippen LogP contribution in [0.5, 0.6) is 0 Å². The van der Waals surface area contributed by atoms with Gasteiger partial charge in [0, 0.05) is 11.0 Å². The second kappa shape index (κ2) is 5.29. The minimum absolute atomic E-state index is 0.235. The van der Waals surface area contributed by atoms with Gasteiger partial charge < -0.3 is 5.11 Å². The van der Waals surface area contributed by atoms with Crippen molar-refractivity contribution < 1.29 is 5.11 Å². The fourth-order valence-corrected chi connectivity index (χ4v) is 5.23. The Labute approximate surface area is 111 Å². The summed E-state index contributed by atoms with van der Waals surface area (Å²) in [5.41, 5.74) is 1.18. The summed E-state index contributed by atoms with van der Waals surface area (Å²) in [7, 11) is 0. The molecular weight excluding hydrogens is 250 g/mol. The topological polar surface area (TPSA) is 33.1 Å². The number of rotatable bonds is 3. The van der Waals surface area contributed by atoms with Crippen molar-refractivity contribution in [3.8, 4) is 0 Å². The van der Waals surface area contributed by atoms with E-state index in [2.05, 4.69) is 11.8 Å². The van der Waals surface area contributed by atoms with Gasteiger partial charge in [-0.25, -0.2) is 4.98 Å². The van der Waals surface area contributed by atoms with Gasteiger partial charge in [-0.1, -0.05) is 12.8 Å². The lowest BCUT2D eigenvalue weighted by Crippen LogP contribution is -2.06. The lowest BCUT2D eigenvalue weighted by Gasteiger charge is -2.14. The van der Waals surface area contributed by atoms with Crippen molar-refractivity contribution in [2.75, 3.05) is 0 Å². The minimum atomic E-state index is -0.235. The van der Waals surface area contributed by atoms with E-state index in [4.69, 9.17) is 4.98 Å². The standard InChI is InChI=1S/C13H19NOS2/c15-11-7-3-6-10-13(11)17-12(14-10)8-16-9-4-1-2-5-9/h9,11,15H,1-8H2. The molecule has 1 saturated carbocycles. The van der Waals surface area contributed by atoms with Gasteiger partial charge in [0.15, 0.2) is 0 Å². The number of aliphatic hydroxyl groups excluding tert-OH is 1. The van der Waals surface area contributed by atoms with Crippen LogP contribution in [0.25, 0.3) is 0 Å². The Morgan fingerprint density at radius 3 is 2.82 bits per heavy atom. The first-order valence-electron chi connectivity index (χ1n) is 6.61. The summed E-state index contributed by atoms with van der Waals surface area (Å²) in [4.78, 5) is 5.85. The quantitative estimate of drug-likeness (QED) is 0.908. The van der Waals surface area contributed by atoms with E-state index >= 15 is 0 Å². The lowest BCUT2D eigenvalue weighted by molar-refractivity contribution is 0.160. The van der Waals surface area contributed by atoms with Crippen LogP contribution < -0.4 is 0 Å². The molecule has 1 fully saturated rings. The average molecular weight is 269 g/mol. The van der Waals surface area contributed by atoms with Crippen LogP contribution in [-0.4, -0.2) is 15.3 Å². The number of nitrogens with zero attached hydrogens (tertiary/aromatic N) is 1. The highest BCUT2D eigenvalue weighted by Crippen LogP contribution is 2.37. The van der Waals surface area contributed by atoms with Crippen molar-refractivity contribution in [1.29, 1.82) is 0 Å². The molecule has 94 valence electrons. The predicted octanol–water partition coefficient (Wildman–Crippen LogP) is 3.69. The lowest BCUT2D eigenvalue weighted by atomic mass is 10.0. The van der Waals surface area contributed by atoms with Crippen LogP contribution in [0.4, 0.5) is 0 Å². The fourth-order valence-electron chi connectivity index (χ4n) is 2.75. The number of hydrogen-bond acceptors (Lipinski definition) is 4. The molecule has 0 saturated heterocycles. The Balaban J connectivity index is 1.63. The molecule has 4 heteroatoms. The van der Waals surface area contributed by atoms with Gasteiger partial charge in [0.2, 0.25) is 0 Å². The molecule has 0 aromatic carbocycles. The van der Waals surface area contributed by atoms with Gasteiger partial charge >= 0.3 is 0 Å². The highest BCUT2D eigenvalue weighted by atomic mass is 32.2. The van der Waals surface area contributed by atoms with E-state index in [0.29, 0.717) is 0 Å². The van der Waals surface area contributed by atoms with E-state index in [1.807, 2.05) is 0 Å². The van der Waals surface area contributed by atoms with Crippen molar-refractivity contribution in [2.24, 2.45) is 0 Å². The van der Waals surface area contributed by atoms with E-state index in [-0.39, 0.29) is 6.10 Å². The summed E-state index contributed by atoms with van der Waals surface area (Å²) in [5, 5.41) is 12.0. The number of thioether (sulfide) groups is 1. The van der Waals surface area contributed by atoms with E-state index in [1.54, 1.807) is 11.3 Å². The highest BCUT2D eigenvalue weighted by Gasteiger charge is 2.23. The zero-order valence-corrected chi connectivity index (χ0v) is 11.7. The SMILES string of the molecule is OC1CCCc2nc(CSC3CCCC3)sc21. The van der Waals surface area contributed by atoms with Crippen LogP contribution >= 0.6 is 23.1 Å². The molecule has 1 unspecified atom stereocenters. The van der Waals surface area contributed by atoms with Gasteiger partial charge in [-0.3, -0.25) is 0 Å². The van der Waals surface area contributed by atoms with Crippen molar-refractivity contribution in [3.63, 3.8) is 0 Å². The van der Waals surface area contributed by atoms with Crippen molar-refractivity contribution in [2.45, 2.75) is 62.1 Å². The smallest absolute Gasteiger partial charge is 0.103 e. The van der Waals surface area contributed by atoms with Gasteiger partial charge in [0.1, 0.15) is 5.01 Å². The number of aromatic nitrogens is 1. The Kier molecular flexibility index (Phi) is 3.73. The molecule has 0 amide bonds. The second-order valence-corrected chi connectivity index (χ2v) is 7.45. The fraction of sp³-hybridized carbons (Fsp3) is 0.769. The summed E-state index contributed by atoms with van der Waals surface area (Å²) in [6.45, 7) is 0. The van der Waals surface area contributed by atoms with Gasteiger partial charge in [0.05, 0.1) is 16.7 Å². The maximum atomic E-state index is 9.92. The summed E-state index contributed by atoms with van der Waals surface area (Å²) >= 11 is 3.81. The van der Waals surface area contributed by atoms with Crippen LogP contribution in [0.2, 0.25) is 0 Å². The minimum Gasteiger partial charge on any atom is -0.388 e. The third kappa shape index (κ3) is 2.69. The molecule has 3 rings (SSSR count). The normalized spacial score (nSPS) is 25.1. The monoisotopic (exact) mass is 269 g/mol. The summed E-state index contributed by atoms with van der Waals surface area (Å²) in [6, 6.07) is 0. The first kappa shape index (κ1) is 12.0. The van der Waals surface area contributed by atoms with Gasteiger partial charge in [-0.05, 0) is 32.1 Å². The molecule has 2 aliphatic carbocycles.